The molecule has 1 aliphatic rings. The lowest BCUT2D eigenvalue weighted by Crippen LogP contribution is -2.20. The SMILES string of the molecule is C=CNC(=NC)C(/C=C/c1ccc(CC)cc1)=C(\C)OC1=CC(C)=CC(C)=CC1. The number of allylic oxidation sites excluding steroid dienone is 6. The number of hydrogen-bond acceptors (Lipinski definition) is 2. The zero-order chi connectivity index (χ0) is 21.2. The van der Waals surface area contributed by atoms with Gasteiger partial charge in [0.05, 0.1) is 5.57 Å². The molecule has 0 spiro atoms. The summed E-state index contributed by atoms with van der Waals surface area (Å²) in [5.41, 5.74) is 5.78. The van der Waals surface area contributed by atoms with E-state index in [4.69, 9.17) is 4.74 Å². The maximum Gasteiger partial charge on any atom is 0.135 e. The van der Waals surface area contributed by atoms with Crippen LogP contribution in [0, 0.1) is 0 Å². The van der Waals surface area contributed by atoms with Gasteiger partial charge in [-0.2, -0.15) is 0 Å². The first kappa shape index (κ1) is 22.2. The van der Waals surface area contributed by atoms with Gasteiger partial charge in [0.15, 0.2) is 0 Å². The molecule has 0 atom stereocenters. The topological polar surface area (TPSA) is 33.6 Å². The van der Waals surface area contributed by atoms with E-state index in [9.17, 15) is 0 Å². The molecule has 0 aliphatic heterocycles. The Balaban J connectivity index is 2.36. The number of ether oxygens (including phenoxy) is 1. The van der Waals surface area contributed by atoms with E-state index in [1.165, 1.54) is 16.7 Å². The molecule has 1 aliphatic carbocycles. The van der Waals surface area contributed by atoms with Crippen molar-refractivity contribution in [1.29, 1.82) is 0 Å². The number of nitrogens with zero attached hydrogens (tertiary/aromatic N) is 1. The summed E-state index contributed by atoms with van der Waals surface area (Å²) in [5, 5.41) is 3.12. The van der Waals surface area contributed by atoms with Crippen molar-refractivity contribution in [2.45, 2.75) is 40.5 Å². The Morgan fingerprint density at radius 3 is 2.52 bits per heavy atom. The summed E-state index contributed by atoms with van der Waals surface area (Å²) in [6.45, 7) is 12.1. The molecule has 0 aromatic heterocycles. The maximum atomic E-state index is 6.26. The molecular formula is C26H32N2O. The fourth-order valence-electron chi connectivity index (χ4n) is 3.12. The third-order valence-electron chi connectivity index (χ3n) is 4.68. The third-order valence-corrected chi connectivity index (χ3v) is 4.68. The second kappa shape index (κ2) is 11.1. The van der Waals surface area contributed by atoms with Crippen molar-refractivity contribution < 1.29 is 4.74 Å². The van der Waals surface area contributed by atoms with Crippen LogP contribution < -0.4 is 5.32 Å². The van der Waals surface area contributed by atoms with Crippen molar-refractivity contribution in [2.24, 2.45) is 4.99 Å². The fraction of sp³-hybridized carbons (Fsp3) is 0.269. The van der Waals surface area contributed by atoms with Crippen LogP contribution in [0.3, 0.4) is 0 Å². The quantitative estimate of drug-likeness (QED) is 0.250. The highest BCUT2D eigenvalue weighted by molar-refractivity contribution is 6.02. The molecule has 0 saturated heterocycles. The average molecular weight is 389 g/mol. The van der Waals surface area contributed by atoms with Gasteiger partial charge in [0.1, 0.15) is 17.4 Å². The number of benzene rings is 1. The van der Waals surface area contributed by atoms with Crippen molar-refractivity contribution >= 4 is 11.9 Å². The summed E-state index contributed by atoms with van der Waals surface area (Å²) in [6, 6.07) is 8.57. The van der Waals surface area contributed by atoms with Crippen molar-refractivity contribution in [2.75, 3.05) is 7.05 Å². The number of nitrogens with one attached hydrogen (secondary N) is 1. The summed E-state index contributed by atoms with van der Waals surface area (Å²) in [6.07, 6.45) is 14.0. The Bertz CT molecular complexity index is 907. The second-order valence-electron chi connectivity index (χ2n) is 7.07. The predicted molar refractivity (Wildman–Crippen MR) is 126 cm³/mol. The Morgan fingerprint density at radius 1 is 1.17 bits per heavy atom. The number of aryl methyl sites for hydroxylation is 1. The number of rotatable bonds is 7. The Hall–Kier alpha value is -3.07. The van der Waals surface area contributed by atoms with Crippen LogP contribution in [0.4, 0.5) is 0 Å². The van der Waals surface area contributed by atoms with Gasteiger partial charge in [-0.05, 0) is 62.2 Å². The summed E-state index contributed by atoms with van der Waals surface area (Å²) >= 11 is 0. The smallest absolute Gasteiger partial charge is 0.135 e. The number of hydrogen-bond donors (Lipinski definition) is 1. The van der Waals surface area contributed by atoms with Gasteiger partial charge in [-0.1, -0.05) is 61.6 Å². The van der Waals surface area contributed by atoms with E-state index >= 15 is 0 Å². The van der Waals surface area contributed by atoms with Gasteiger partial charge in [0.2, 0.25) is 0 Å². The molecule has 2 rings (SSSR count). The number of amidine groups is 1. The largest absolute Gasteiger partial charge is 0.465 e. The monoisotopic (exact) mass is 388 g/mol. The minimum absolute atomic E-state index is 0.715. The lowest BCUT2D eigenvalue weighted by atomic mass is 10.1. The lowest BCUT2D eigenvalue weighted by Gasteiger charge is -2.14. The summed E-state index contributed by atoms with van der Waals surface area (Å²) < 4.78 is 6.26. The molecule has 0 amide bonds. The molecule has 3 heteroatoms. The van der Waals surface area contributed by atoms with Gasteiger partial charge in [-0.25, -0.2) is 0 Å². The normalized spacial score (nSPS) is 15.8. The first-order valence-electron chi connectivity index (χ1n) is 10.0. The summed E-state index contributed by atoms with van der Waals surface area (Å²) in [4.78, 5) is 4.38. The predicted octanol–water partition coefficient (Wildman–Crippen LogP) is 6.49. The van der Waals surface area contributed by atoms with Crippen molar-refractivity contribution in [3.05, 3.63) is 101 Å². The molecule has 0 bridgehead atoms. The molecule has 0 unspecified atom stereocenters. The van der Waals surface area contributed by atoms with Gasteiger partial charge in [0, 0.05) is 13.5 Å². The summed E-state index contributed by atoms with van der Waals surface area (Å²) in [5.74, 6) is 2.42. The Labute approximate surface area is 175 Å². The minimum atomic E-state index is 0.715. The van der Waals surface area contributed by atoms with Gasteiger partial charge < -0.3 is 10.1 Å². The number of aliphatic imine (C=N–C) groups is 1. The van der Waals surface area contributed by atoms with E-state index in [1.54, 1.807) is 13.2 Å². The highest BCUT2D eigenvalue weighted by atomic mass is 16.5. The van der Waals surface area contributed by atoms with Crippen LogP contribution in [0.1, 0.15) is 45.2 Å². The van der Waals surface area contributed by atoms with Crippen molar-refractivity contribution in [3.8, 4) is 0 Å². The molecule has 3 nitrogen and oxygen atoms in total. The molecule has 0 heterocycles. The van der Waals surface area contributed by atoms with E-state index in [1.807, 2.05) is 13.0 Å². The van der Waals surface area contributed by atoms with Crippen molar-refractivity contribution in [1.82, 2.24) is 5.32 Å². The Kier molecular flexibility index (Phi) is 8.47. The molecule has 29 heavy (non-hydrogen) atoms. The Morgan fingerprint density at radius 2 is 1.90 bits per heavy atom. The maximum absolute atomic E-state index is 6.26. The van der Waals surface area contributed by atoms with E-state index < -0.39 is 0 Å². The van der Waals surface area contributed by atoms with E-state index in [0.29, 0.717) is 5.84 Å². The van der Waals surface area contributed by atoms with Gasteiger partial charge in [-0.3, -0.25) is 4.99 Å². The van der Waals surface area contributed by atoms with Crippen LogP contribution in [0.25, 0.3) is 6.08 Å². The average Bonchev–Trinajstić information content (AvgIpc) is 2.87. The van der Waals surface area contributed by atoms with E-state index in [2.05, 4.69) is 86.2 Å². The van der Waals surface area contributed by atoms with Gasteiger partial charge in [0.25, 0.3) is 0 Å². The molecule has 152 valence electrons. The highest BCUT2D eigenvalue weighted by Gasteiger charge is 2.11. The van der Waals surface area contributed by atoms with Gasteiger partial charge in [-0.15, -0.1) is 0 Å². The third kappa shape index (κ3) is 6.79. The molecule has 1 aromatic rings. The first-order valence-corrected chi connectivity index (χ1v) is 10.0. The zero-order valence-electron chi connectivity index (χ0n) is 18.3. The molecule has 0 saturated carbocycles. The second-order valence-corrected chi connectivity index (χ2v) is 7.07. The molecule has 1 N–H and O–H groups in total. The molecule has 0 fully saturated rings. The van der Waals surface area contributed by atoms with Crippen LogP contribution in [0.5, 0.6) is 0 Å². The zero-order valence-corrected chi connectivity index (χ0v) is 18.3. The van der Waals surface area contributed by atoms with Crippen LogP contribution in [-0.4, -0.2) is 12.9 Å². The van der Waals surface area contributed by atoms with Crippen LogP contribution in [0.2, 0.25) is 0 Å². The standard InChI is InChI=1S/C26H32N2O/c1-7-22-10-12-23(13-11-22)14-16-25(26(27-6)28-8-2)21(5)29-24-15-9-19(3)17-20(4)18-24/h8-14,16-18H,2,7,15H2,1,3-6H3,(H,27,28)/b16-14+,25-21+. The van der Waals surface area contributed by atoms with Crippen LogP contribution in [0.15, 0.2) is 94.6 Å². The summed E-state index contributed by atoms with van der Waals surface area (Å²) in [7, 11) is 1.76. The first-order chi connectivity index (χ1) is 14.0. The van der Waals surface area contributed by atoms with Crippen molar-refractivity contribution in [3.63, 3.8) is 0 Å². The lowest BCUT2D eigenvalue weighted by molar-refractivity contribution is 0.298. The van der Waals surface area contributed by atoms with Crippen LogP contribution >= 0.6 is 0 Å². The van der Waals surface area contributed by atoms with Crippen LogP contribution in [-0.2, 0) is 11.2 Å². The van der Waals surface area contributed by atoms with E-state index in [-0.39, 0.29) is 0 Å². The molecule has 0 radical (unpaired) electrons. The molecular weight excluding hydrogens is 356 g/mol. The molecule has 1 aromatic carbocycles. The van der Waals surface area contributed by atoms with Gasteiger partial charge >= 0.3 is 0 Å². The van der Waals surface area contributed by atoms with E-state index in [0.717, 1.165) is 35.5 Å². The highest BCUT2D eigenvalue weighted by Crippen LogP contribution is 2.22. The minimum Gasteiger partial charge on any atom is -0.465 e. The fourth-order valence-corrected chi connectivity index (χ4v) is 3.12.